The molecule has 2 aromatic carbocycles. The number of ketones is 1. The molecule has 1 aliphatic rings. The number of nitrogens with zero attached hydrogens (tertiary/aromatic N) is 2. The fraction of sp³-hybridized carbons (Fsp3) is 0.227. The van der Waals surface area contributed by atoms with E-state index in [-0.39, 0.29) is 28.8 Å². The van der Waals surface area contributed by atoms with Gasteiger partial charge in [-0.3, -0.25) is 14.3 Å². The number of hydrogen-bond donors (Lipinski definition) is 1. The SMILES string of the molecule is C[C@H]1CC(c2ccc(C(F)(F)F)cc2)C(=O)c2c(NC(=O)c3ccccc3F)cnn21. The van der Waals surface area contributed by atoms with Gasteiger partial charge in [-0.2, -0.15) is 18.3 Å². The predicted octanol–water partition coefficient (Wildman–Crippen LogP) is 5.22. The van der Waals surface area contributed by atoms with Crippen molar-refractivity contribution in [2.24, 2.45) is 0 Å². The number of carbonyl (C=O) groups is 2. The highest BCUT2D eigenvalue weighted by Crippen LogP contribution is 2.39. The van der Waals surface area contributed by atoms with Crippen molar-refractivity contribution in [1.29, 1.82) is 0 Å². The van der Waals surface area contributed by atoms with Gasteiger partial charge < -0.3 is 5.32 Å². The van der Waals surface area contributed by atoms with E-state index >= 15 is 0 Å². The number of aromatic nitrogens is 2. The largest absolute Gasteiger partial charge is 0.416 e. The van der Waals surface area contributed by atoms with Crippen LogP contribution in [0.15, 0.2) is 54.7 Å². The number of hydrogen-bond acceptors (Lipinski definition) is 3. The number of carbonyl (C=O) groups excluding carboxylic acids is 2. The van der Waals surface area contributed by atoms with Gasteiger partial charge in [0.05, 0.1) is 35.0 Å². The van der Waals surface area contributed by atoms with E-state index in [1.54, 1.807) is 0 Å². The third-order valence-electron chi connectivity index (χ3n) is 5.35. The third-order valence-corrected chi connectivity index (χ3v) is 5.35. The van der Waals surface area contributed by atoms with Crippen molar-refractivity contribution in [3.05, 3.63) is 82.9 Å². The average Bonchev–Trinajstić information content (AvgIpc) is 3.15. The van der Waals surface area contributed by atoms with Crippen molar-refractivity contribution in [3.8, 4) is 0 Å². The zero-order valence-electron chi connectivity index (χ0n) is 16.3. The molecule has 160 valence electrons. The Kier molecular flexibility index (Phi) is 5.12. The van der Waals surface area contributed by atoms with Crippen LogP contribution in [0.3, 0.4) is 0 Å². The fourth-order valence-electron chi connectivity index (χ4n) is 3.77. The van der Waals surface area contributed by atoms with Gasteiger partial charge in [0.15, 0.2) is 5.78 Å². The quantitative estimate of drug-likeness (QED) is 0.578. The summed E-state index contributed by atoms with van der Waals surface area (Å²) in [6.45, 7) is 1.82. The topological polar surface area (TPSA) is 64.0 Å². The predicted molar refractivity (Wildman–Crippen MR) is 104 cm³/mol. The van der Waals surface area contributed by atoms with Crippen molar-refractivity contribution >= 4 is 17.4 Å². The maximum absolute atomic E-state index is 13.9. The molecule has 0 fully saturated rings. The molecule has 0 saturated carbocycles. The second-order valence-electron chi connectivity index (χ2n) is 7.41. The number of rotatable bonds is 3. The molecule has 5 nitrogen and oxygen atoms in total. The molecule has 1 amide bonds. The van der Waals surface area contributed by atoms with Crippen LogP contribution in [0.5, 0.6) is 0 Å². The number of amides is 1. The fourth-order valence-corrected chi connectivity index (χ4v) is 3.77. The van der Waals surface area contributed by atoms with Crippen LogP contribution >= 0.6 is 0 Å². The number of nitrogens with one attached hydrogen (secondary N) is 1. The highest BCUT2D eigenvalue weighted by Gasteiger charge is 2.37. The lowest BCUT2D eigenvalue weighted by Crippen LogP contribution is -2.29. The number of benzene rings is 2. The van der Waals surface area contributed by atoms with Crippen LogP contribution in [-0.2, 0) is 6.18 Å². The van der Waals surface area contributed by atoms with E-state index in [0.717, 1.165) is 18.2 Å². The molecule has 2 heterocycles. The van der Waals surface area contributed by atoms with Gasteiger partial charge in [0, 0.05) is 0 Å². The Balaban J connectivity index is 1.64. The first-order valence-electron chi connectivity index (χ1n) is 9.51. The molecule has 4 rings (SSSR count). The van der Waals surface area contributed by atoms with Crippen molar-refractivity contribution in [3.63, 3.8) is 0 Å². The van der Waals surface area contributed by atoms with Gasteiger partial charge >= 0.3 is 6.18 Å². The molecule has 0 bridgehead atoms. The molecule has 1 aliphatic heterocycles. The highest BCUT2D eigenvalue weighted by molar-refractivity contribution is 6.10. The zero-order valence-corrected chi connectivity index (χ0v) is 16.3. The second-order valence-corrected chi connectivity index (χ2v) is 7.41. The van der Waals surface area contributed by atoms with E-state index in [1.165, 1.54) is 41.2 Å². The van der Waals surface area contributed by atoms with Gasteiger partial charge in [-0.1, -0.05) is 24.3 Å². The van der Waals surface area contributed by atoms with Crippen molar-refractivity contribution in [1.82, 2.24) is 9.78 Å². The standard InChI is InChI=1S/C22H17F4N3O2/c1-12-10-16(13-6-8-14(9-7-13)22(24,25)26)20(30)19-18(11-27-29(12)19)28-21(31)15-4-2-3-5-17(15)23/h2-9,11-12,16H,10H2,1H3,(H,28,31)/t12-,16?/m0/s1. The molecule has 0 radical (unpaired) electrons. The molecule has 1 N–H and O–H groups in total. The van der Waals surface area contributed by atoms with E-state index in [4.69, 9.17) is 0 Å². The molecule has 0 saturated heterocycles. The van der Waals surface area contributed by atoms with Gasteiger partial charge in [0.25, 0.3) is 5.91 Å². The lowest BCUT2D eigenvalue weighted by atomic mass is 9.84. The second kappa shape index (κ2) is 7.64. The van der Waals surface area contributed by atoms with E-state index in [1.807, 2.05) is 6.92 Å². The first-order chi connectivity index (χ1) is 14.7. The molecule has 9 heteroatoms. The maximum Gasteiger partial charge on any atom is 0.416 e. The van der Waals surface area contributed by atoms with E-state index in [9.17, 15) is 27.2 Å². The summed E-state index contributed by atoms with van der Waals surface area (Å²) in [7, 11) is 0. The number of halogens is 4. The summed E-state index contributed by atoms with van der Waals surface area (Å²) < 4.78 is 53.9. The lowest BCUT2D eigenvalue weighted by molar-refractivity contribution is -0.137. The first kappa shape index (κ1) is 20.8. The van der Waals surface area contributed by atoms with E-state index in [2.05, 4.69) is 10.4 Å². The Morgan fingerprint density at radius 2 is 1.81 bits per heavy atom. The minimum absolute atomic E-state index is 0.127. The normalized spacial score (nSPS) is 18.5. The van der Waals surface area contributed by atoms with Gasteiger partial charge in [-0.25, -0.2) is 4.39 Å². The molecular formula is C22H17F4N3O2. The average molecular weight is 431 g/mol. The Morgan fingerprint density at radius 3 is 2.45 bits per heavy atom. The Labute approximate surface area is 174 Å². The van der Waals surface area contributed by atoms with Crippen molar-refractivity contribution in [2.45, 2.75) is 31.5 Å². The van der Waals surface area contributed by atoms with Gasteiger partial charge in [0.1, 0.15) is 11.5 Å². The van der Waals surface area contributed by atoms with Crippen LogP contribution in [0.1, 0.15) is 57.3 Å². The minimum Gasteiger partial charge on any atom is -0.319 e. The number of Topliss-reactive ketones (excluding diaryl/α,β-unsaturated/α-hetero) is 1. The lowest BCUT2D eigenvalue weighted by Gasteiger charge is -2.28. The Hall–Kier alpha value is -3.49. The summed E-state index contributed by atoms with van der Waals surface area (Å²) >= 11 is 0. The third kappa shape index (κ3) is 3.83. The monoisotopic (exact) mass is 431 g/mol. The van der Waals surface area contributed by atoms with Crippen LogP contribution in [0.25, 0.3) is 0 Å². The highest BCUT2D eigenvalue weighted by atomic mass is 19.4. The zero-order chi connectivity index (χ0) is 22.3. The van der Waals surface area contributed by atoms with Crippen LogP contribution < -0.4 is 5.32 Å². The maximum atomic E-state index is 13.9. The number of anilines is 1. The molecule has 2 atom stereocenters. The van der Waals surface area contributed by atoms with Crippen molar-refractivity contribution in [2.75, 3.05) is 5.32 Å². The summed E-state index contributed by atoms with van der Waals surface area (Å²) in [5.74, 6) is -2.50. The van der Waals surface area contributed by atoms with E-state index < -0.39 is 29.4 Å². The molecular weight excluding hydrogens is 414 g/mol. The summed E-state index contributed by atoms with van der Waals surface area (Å²) in [4.78, 5) is 25.7. The molecule has 3 aromatic rings. The number of fused-ring (bicyclic) bond motifs is 1. The minimum atomic E-state index is -4.47. The van der Waals surface area contributed by atoms with Crippen LogP contribution in [0.4, 0.5) is 23.2 Å². The van der Waals surface area contributed by atoms with Crippen LogP contribution in [0, 0.1) is 5.82 Å². The summed E-state index contributed by atoms with van der Waals surface area (Å²) in [5, 5.41) is 6.70. The smallest absolute Gasteiger partial charge is 0.319 e. The first-order valence-corrected chi connectivity index (χ1v) is 9.51. The van der Waals surface area contributed by atoms with Crippen LogP contribution in [-0.4, -0.2) is 21.5 Å². The molecule has 0 spiro atoms. The summed E-state index contributed by atoms with van der Waals surface area (Å²) in [6.07, 6.45) is -2.80. The van der Waals surface area contributed by atoms with Gasteiger partial charge in [-0.05, 0) is 43.2 Å². The van der Waals surface area contributed by atoms with Crippen LogP contribution in [0.2, 0.25) is 0 Å². The van der Waals surface area contributed by atoms with Gasteiger partial charge in [0.2, 0.25) is 0 Å². The molecule has 0 aliphatic carbocycles. The molecule has 1 aromatic heterocycles. The molecule has 1 unspecified atom stereocenters. The summed E-state index contributed by atoms with van der Waals surface area (Å²) in [6, 6.07) is 9.67. The Morgan fingerprint density at radius 1 is 1.13 bits per heavy atom. The van der Waals surface area contributed by atoms with Gasteiger partial charge in [-0.15, -0.1) is 0 Å². The number of alkyl halides is 3. The van der Waals surface area contributed by atoms with Crippen molar-refractivity contribution < 1.29 is 27.2 Å². The summed E-state index contributed by atoms with van der Waals surface area (Å²) in [5.41, 5.74) is -0.271. The Bertz CT molecular complexity index is 1150. The molecule has 31 heavy (non-hydrogen) atoms. The van der Waals surface area contributed by atoms with E-state index in [0.29, 0.717) is 12.0 Å².